The molecule has 1 N–H and O–H groups in total. The molecule has 0 saturated heterocycles. The first kappa shape index (κ1) is 9.71. The molecule has 0 aliphatic heterocycles. The highest BCUT2D eigenvalue weighted by Gasteiger charge is 2.21. The van der Waals surface area contributed by atoms with Gasteiger partial charge in [-0.05, 0) is 24.8 Å². The van der Waals surface area contributed by atoms with Crippen LogP contribution in [-0.2, 0) is 6.54 Å². The van der Waals surface area contributed by atoms with Gasteiger partial charge in [0.15, 0.2) is 0 Å². The average molecular weight is 194 g/mol. The number of aliphatic hydroxyl groups excluding tert-OH is 1. The van der Waals surface area contributed by atoms with Gasteiger partial charge < -0.3 is 5.11 Å². The van der Waals surface area contributed by atoms with Gasteiger partial charge in [-0.2, -0.15) is 5.10 Å². The lowest BCUT2D eigenvalue weighted by Gasteiger charge is -2.26. The standard InChI is InChI=1S/C11H18N2O/c14-11(9-13-8-4-7-12-13)10-5-2-1-3-6-10/h4,7-8,10-11,14H,1-3,5-6,9H2. The number of hydrogen-bond donors (Lipinski definition) is 1. The van der Waals surface area contributed by atoms with Gasteiger partial charge in [-0.25, -0.2) is 0 Å². The second kappa shape index (κ2) is 4.60. The molecular weight excluding hydrogens is 176 g/mol. The van der Waals surface area contributed by atoms with Crippen molar-refractivity contribution in [3.8, 4) is 0 Å². The fraction of sp³-hybridized carbons (Fsp3) is 0.727. The van der Waals surface area contributed by atoms with Gasteiger partial charge in [0.2, 0.25) is 0 Å². The monoisotopic (exact) mass is 194 g/mol. The minimum atomic E-state index is -0.213. The lowest BCUT2D eigenvalue weighted by Crippen LogP contribution is -2.27. The second-order valence-corrected chi connectivity index (χ2v) is 4.19. The van der Waals surface area contributed by atoms with E-state index in [0.29, 0.717) is 12.5 Å². The van der Waals surface area contributed by atoms with Crippen molar-refractivity contribution in [3.63, 3.8) is 0 Å². The molecule has 2 rings (SSSR count). The highest BCUT2D eigenvalue weighted by Crippen LogP contribution is 2.26. The van der Waals surface area contributed by atoms with Crippen LogP contribution in [-0.4, -0.2) is 21.0 Å². The van der Waals surface area contributed by atoms with Crippen molar-refractivity contribution in [1.29, 1.82) is 0 Å². The maximum absolute atomic E-state index is 9.98. The Kier molecular flexibility index (Phi) is 3.19. The molecule has 14 heavy (non-hydrogen) atoms. The van der Waals surface area contributed by atoms with Gasteiger partial charge in [0.1, 0.15) is 0 Å². The number of rotatable bonds is 3. The third-order valence-corrected chi connectivity index (χ3v) is 3.13. The minimum Gasteiger partial charge on any atom is -0.391 e. The third kappa shape index (κ3) is 2.35. The molecule has 0 amide bonds. The highest BCUT2D eigenvalue weighted by molar-refractivity contribution is 4.80. The Morgan fingerprint density at radius 3 is 2.79 bits per heavy atom. The molecule has 78 valence electrons. The van der Waals surface area contributed by atoms with E-state index < -0.39 is 0 Å². The number of hydrogen-bond acceptors (Lipinski definition) is 2. The van der Waals surface area contributed by atoms with Crippen molar-refractivity contribution < 1.29 is 5.11 Å². The van der Waals surface area contributed by atoms with Crippen molar-refractivity contribution >= 4 is 0 Å². The minimum absolute atomic E-state index is 0.213. The lowest BCUT2D eigenvalue weighted by molar-refractivity contribution is 0.0665. The van der Waals surface area contributed by atoms with Gasteiger partial charge in [0.25, 0.3) is 0 Å². The largest absolute Gasteiger partial charge is 0.391 e. The van der Waals surface area contributed by atoms with Crippen molar-refractivity contribution in [1.82, 2.24) is 9.78 Å². The molecule has 1 fully saturated rings. The van der Waals surface area contributed by atoms with Crippen LogP contribution < -0.4 is 0 Å². The molecule has 0 bridgehead atoms. The van der Waals surface area contributed by atoms with Crippen molar-refractivity contribution in [2.45, 2.75) is 44.8 Å². The highest BCUT2D eigenvalue weighted by atomic mass is 16.3. The normalized spacial score (nSPS) is 20.9. The first-order chi connectivity index (χ1) is 6.86. The lowest BCUT2D eigenvalue weighted by atomic mass is 9.85. The molecule has 1 unspecified atom stereocenters. The fourth-order valence-corrected chi connectivity index (χ4v) is 2.27. The summed E-state index contributed by atoms with van der Waals surface area (Å²) in [6.07, 6.45) is 9.71. The molecule has 1 aliphatic carbocycles. The van der Waals surface area contributed by atoms with Crippen LogP contribution in [0.2, 0.25) is 0 Å². The summed E-state index contributed by atoms with van der Waals surface area (Å²) >= 11 is 0. The van der Waals surface area contributed by atoms with Crippen molar-refractivity contribution in [3.05, 3.63) is 18.5 Å². The van der Waals surface area contributed by atoms with Gasteiger partial charge in [-0.15, -0.1) is 0 Å². The zero-order valence-corrected chi connectivity index (χ0v) is 8.47. The summed E-state index contributed by atoms with van der Waals surface area (Å²) in [5.41, 5.74) is 0. The number of aliphatic hydroxyl groups is 1. The predicted octanol–water partition coefficient (Wildman–Crippen LogP) is 1.82. The summed E-state index contributed by atoms with van der Waals surface area (Å²) in [4.78, 5) is 0. The SMILES string of the molecule is OC(Cn1cccn1)C1CCCCC1. The quantitative estimate of drug-likeness (QED) is 0.797. The Labute approximate surface area is 84.7 Å². The number of nitrogens with zero attached hydrogens (tertiary/aromatic N) is 2. The molecule has 1 atom stereocenters. The molecule has 1 heterocycles. The van der Waals surface area contributed by atoms with E-state index in [4.69, 9.17) is 0 Å². The van der Waals surface area contributed by atoms with E-state index >= 15 is 0 Å². The maximum atomic E-state index is 9.98. The number of aromatic nitrogens is 2. The summed E-state index contributed by atoms with van der Waals surface area (Å²) < 4.78 is 1.82. The molecule has 1 aliphatic rings. The van der Waals surface area contributed by atoms with Crippen LogP contribution in [0.4, 0.5) is 0 Å². The van der Waals surface area contributed by atoms with E-state index in [-0.39, 0.29) is 6.10 Å². The Bertz CT molecular complexity index is 252. The van der Waals surface area contributed by atoms with Crippen LogP contribution in [0.1, 0.15) is 32.1 Å². The van der Waals surface area contributed by atoms with Crippen LogP contribution >= 0.6 is 0 Å². The van der Waals surface area contributed by atoms with Gasteiger partial charge >= 0.3 is 0 Å². The first-order valence-electron chi connectivity index (χ1n) is 5.52. The van der Waals surface area contributed by atoms with Crippen molar-refractivity contribution in [2.75, 3.05) is 0 Å². The molecule has 1 aromatic heterocycles. The molecule has 3 nitrogen and oxygen atoms in total. The van der Waals surface area contributed by atoms with Crippen molar-refractivity contribution in [2.24, 2.45) is 5.92 Å². The molecular formula is C11H18N2O. The first-order valence-corrected chi connectivity index (χ1v) is 5.52. The molecule has 3 heteroatoms. The summed E-state index contributed by atoms with van der Waals surface area (Å²) in [5, 5.41) is 14.1. The summed E-state index contributed by atoms with van der Waals surface area (Å²) in [6.45, 7) is 0.650. The summed E-state index contributed by atoms with van der Waals surface area (Å²) in [7, 11) is 0. The smallest absolute Gasteiger partial charge is 0.0764 e. The van der Waals surface area contributed by atoms with E-state index in [9.17, 15) is 5.11 Å². The van der Waals surface area contributed by atoms with Crippen LogP contribution in [0, 0.1) is 5.92 Å². The van der Waals surface area contributed by atoms with Crippen LogP contribution in [0.15, 0.2) is 18.5 Å². The Balaban J connectivity index is 1.85. The fourth-order valence-electron chi connectivity index (χ4n) is 2.27. The molecule has 0 aromatic carbocycles. The third-order valence-electron chi connectivity index (χ3n) is 3.13. The van der Waals surface area contributed by atoms with Gasteiger partial charge in [-0.3, -0.25) is 4.68 Å². The van der Waals surface area contributed by atoms with E-state index in [1.807, 2.05) is 16.9 Å². The van der Waals surface area contributed by atoms with Crippen LogP contribution in [0.25, 0.3) is 0 Å². The van der Waals surface area contributed by atoms with Crippen LogP contribution in [0.3, 0.4) is 0 Å². The maximum Gasteiger partial charge on any atom is 0.0764 e. The predicted molar refractivity (Wildman–Crippen MR) is 54.8 cm³/mol. The van der Waals surface area contributed by atoms with E-state index in [0.717, 1.165) is 0 Å². The molecule has 0 radical (unpaired) electrons. The molecule has 0 spiro atoms. The van der Waals surface area contributed by atoms with Gasteiger partial charge in [0.05, 0.1) is 12.6 Å². The van der Waals surface area contributed by atoms with E-state index in [1.165, 1.54) is 32.1 Å². The summed E-state index contributed by atoms with van der Waals surface area (Å²) in [6, 6.07) is 1.90. The molecule has 1 saturated carbocycles. The second-order valence-electron chi connectivity index (χ2n) is 4.19. The Morgan fingerprint density at radius 1 is 1.36 bits per heavy atom. The molecule has 1 aromatic rings. The van der Waals surface area contributed by atoms with Crippen LogP contribution in [0.5, 0.6) is 0 Å². The van der Waals surface area contributed by atoms with E-state index in [2.05, 4.69) is 5.10 Å². The zero-order chi connectivity index (χ0) is 9.80. The zero-order valence-electron chi connectivity index (χ0n) is 8.47. The van der Waals surface area contributed by atoms with Gasteiger partial charge in [-0.1, -0.05) is 19.3 Å². The topological polar surface area (TPSA) is 38.0 Å². The summed E-state index contributed by atoms with van der Waals surface area (Å²) in [5.74, 6) is 0.493. The average Bonchev–Trinajstić information content (AvgIpc) is 2.72. The van der Waals surface area contributed by atoms with E-state index in [1.54, 1.807) is 6.20 Å². The Hall–Kier alpha value is -0.830. The Morgan fingerprint density at radius 2 is 2.14 bits per heavy atom. The van der Waals surface area contributed by atoms with Gasteiger partial charge in [0, 0.05) is 12.4 Å².